The molecule has 156 valence electrons. The van der Waals surface area contributed by atoms with Crippen LogP contribution in [0.2, 0.25) is 0 Å². The topological polar surface area (TPSA) is 155 Å². The molecule has 0 atom stereocenters. The molecule has 2 aromatic rings. The highest BCUT2D eigenvalue weighted by atomic mass is 32.2. The lowest BCUT2D eigenvalue weighted by Gasteiger charge is -2.10. The maximum atomic E-state index is 12.0. The van der Waals surface area contributed by atoms with Crippen molar-refractivity contribution in [2.45, 2.75) is 6.92 Å². The maximum absolute atomic E-state index is 12.0. The van der Waals surface area contributed by atoms with Crippen LogP contribution in [-0.2, 0) is 15.0 Å². The second-order valence-electron chi connectivity index (χ2n) is 5.11. The van der Waals surface area contributed by atoms with Gasteiger partial charge in [-0.2, -0.15) is 18.4 Å². The molecular weight excluding hydrogens is 408 g/mol. The molecule has 0 spiro atoms. The van der Waals surface area contributed by atoms with Crippen LogP contribution < -0.4 is 23.7 Å². The van der Waals surface area contributed by atoms with Crippen molar-refractivity contribution in [3.05, 3.63) is 35.9 Å². The average molecular weight is 426 g/mol. The summed E-state index contributed by atoms with van der Waals surface area (Å²) in [6.45, 7) is 1.86. The number of nitrogens with zero attached hydrogens (tertiary/aromatic N) is 2. The van der Waals surface area contributed by atoms with E-state index in [0.29, 0.717) is 0 Å². The molecule has 0 radical (unpaired) electrons. The van der Waals surface area contributed by atoms with Crippen LogP contribution in [0.15, 0.2) is 30.3 Å². The average Bonchev–Trinajstić information content (AvgIpc) is 2.67. The Morgan fingerprint density at radius 1 is 1.03 bits per heavy atom. The minimum absolute atomic E-state index is 0.0907. The Kier molecular flexibility index (Phi) is 7.14. The van der Waals surface area contributed by atoms with Crippen LogP contribution in [0.1, 0.15) is 17.3 Å². The van der Waals surface area contributed by atoms with Gasteiger partial charge < -0.3 is 18.4 Å². The fourth-order valence-corrected chi connectivity index (χ4v) is 2.60. The van der Waals surface area contributed by atoms with Gasteiger partial charge >= 0.3 is 22.3 Å². The van der Waals surface area contributed by atoms with E-state index in [0.717, 1.165) is 0 Å². The highest BCUT2D eigenvalue weighted by Gasteiger charge is 2.19. The van der Waals surface area contributed by atoms with E-state index in [9.17, 15) is 18.0 Å². The van der Waals surface area contributed by atoms with Crippen LogP contribution in [0.4, 0.5) is 10.7 Å². The molecule has 0 fully saturated rings. The fraction of sp³-hybridized carbons (Fsp3) is 0.250. The third-order valence-electron chi connectivity index (χ3n) is 3.11. The first kappa shape index (κ1) is 21.7. The van der Waals surface area contributed by atoms with E-state index in [-0.39, 0.29) is 35.6 Å². The highest BCUT2D eigenvalue weighted by molar-refractivity contribution is 7.85. The minimum Gasteiger partial charge on any atom is -0.481 e. The molecule has 1 heterocycles. The number of rotatable bonds is 8. The Hall–Kier alpha value is -3.61. The molecule has 12 nitrogen and oxygen atoms in total. The molecule has 0 saturated heterocycles. The number of anilines is 1. The van der Waals surface area contributed by atoms with Crippen molar-refractivity contribution in [2.75, 3.05) is 26.1 Å². The van der Waals surface area contributed by atoms with E-state index in [4.69, 9.17) is 18.4 Å². The summed E-state index contributed by atoms with van der Waals surface area (Å²) >= 11 is 0. The van der Waals surface area contributed by atoms with E-state index >= 15 is 0 Å². The Bertz CT molecular complexity index is 957. The smallest absolute Gasteiger partial charge is 0.411 e. The number of amides is 2. The lowest BCUT2D eigenvalue weighted by Crippen LogP contribution is -2.37. The van der Waals surface area contributed by atoms with Gasteiger partial charge in [-0.25, -0.2) is 14.3 Å². The zero-order valence-corrected chi connectivity index (χ0v) is 16.5. The summed E-state index contributed by atoms with van der Waals surface area (Å²) < 4.78 is 45.0. The zero-order chi connectivity index (χ0) is 21.4. The lowest BCUT2D eigenvalue weighted by atomic mass is 10.2. The number of methoxy groups -OCH3 is 2. The first-order valence-corrected chi connectivity index (χ1v) is 9.44. The van der Waals surface area contributed by atoms with E-state index in [1.807, 2.05) is 0 Å². The normalized spacial score (nSPS) is 10.6. The quantitative estimate of drug-likeness (QED) is 0.586. The third-order valence-corrected chi connectivity index (χ3v) is 3.96. The molecule has 0 saturated carbocycles. The number of hydrogen-bond donors (Lipinski definition) is 2. The second-order valence-corrected chi connectivity index (χ2v) is 6.39. The number of esters is 1. The molecule has 0 aliphatic rings. The second kappa shape index (κ2) is 9.54. The Labute approximate surface area is 166 Å². The number of carbonyl (C=O) groups is 2. The summed E-state index contributed by atoms with van der Waals surface area (Å²) in [5.41, 5.74) is 0.214. The van der Waals surface area contributed by atoms with E-state index in [1.165, 1.54) is 44.6 Å². The Morgan fingerprint density at radius 2 is 1.62 bits per heavy atom. The van der Waals surface area contributed by atoms with Crippen LogP contribution in [0.3, 0.4) is 0 Å². The van der Waals surface area contributed by atoms with Gasteiger partial charge in [0.2, 0.25) is 17.7 Å². The number of nitrogens with one attached hydrogen (secondary N) is 2. The zero-order valence-electron chi connectivity index (χ0n) is 15.7. The summed E-state index contributed by atoms with van der Waals surface area (Å²) in [6, 6.07) is 5.30. The summed E-state index contributed by atoms with van der Waals surface area (Å²) in [7, 11) is -1.84. The van der Waals surface area contributed by atoms with Gasteiger partial charge in [0.05, 0.1) is 32.5 Å². The molecule has 2 amide bonds. The Morgan fingerprint density at radius 3 is 2.14 bits per heavy atom. The first-order valence-electron chi connectivity index (χ1n) is 8.03. The third kappa shape index (κ3) is 6.49. The number of benzene rings is 1. The van der Waals surface area contributed by atoms with Crippen LogP contribution in [0.5, 0.6) is 17.5 Å². The summed E-state index contributed by atoms with van der Waals surface area (Å²) in [5, 5.41) is 2.12. The van der Waals surface area contributed by atoms with Crippen LogP contribution in [0, 0.1) is 0 Å². The summed E-state index contributed by atoms with van der Waals surface area (Å²) in [6.07, 6.45) is 0. The largest absolute Gasteiger partial charge is 0.481 e. The number of hydrogen-bond acceptors (Lipinski definition) is 10. The van der Waals surface area contributed by atoms with Crippen molar-refractivity contribution in [3.63, 3.8) is 0 Å². The van der Waals surface area contributed by atoms with E-state index in [1.54, 1.807) is 11.6 Å². The monoisotopic (exact) mass is 426 g/mol. The number of ether oxygens (including phenoxy) is 3. The van der Waals surface area contributed by atoms with Gasteiger partial charge in [0, 0.05) is 0 Å². The predicted octanol–water partition coefficient (Wildman–Crippen LogP) is 1.12. The van der Waals surface area contributed by atoms with Gasteiger partial charge in [0.25, 0.3) is 0 Å². The van der Waals surface area contributed by atoms with Gasteiger partial charge in [-0.1, -0.05) is 0 Å². The maximum Gasteiger partial charge on any atom is 0.411 e. The van der Waals surface area contributed by atoms with Crippen molar-refractivity contribution in [3.8, 4) is 17.5 Å². The van der Waals surface area contributed by atoms with Crippen molar-refractivity contribution in [1.29, 1.82) is 0 Å². The van der Waals surface area contributed by atoms with Gasteiger partial charge in [-0.3, -0.25) is 5.32 Å². The van der Waals surface area contributed by atoms with E-state index in [2.05, 4.69) is 15.3 Å². The number of urea groups is 1. The predicted molar refractivity (Wildman–Crippen MR) is 99.2 cm³/mol. The SMILES string of the molecule is CCOC(=O)c1ccc(OS(=O)(=O)NC(=O)Nc2nc(OC)cc(OC)n2)cc1. The van der Waals surface area contributed by atoms with Crippen LogP contribution >= 0.6 is 0 Å². The van der Waals surface area contributed by atoms with Gasteiger partial charge in [-0.05, 0) is 31.2 Å². The molecule has 2 rings (SSSR count). The van der Waals surface area contributed by atoms with Crippen molar-refractivity contribution in [2.24, 2.45) is 0 Å². The molecular formula is C16H18N4O8S. The molecule has 1 aromatic carbocycles. The molecule has 0 aliphatic heterocycles. The van der Waals surface area contributed by atoms with Gasteiger partial charge in [0.1, 0.15) is 5.75 Å². The molecule has 29 heavy (non-hydrogen) atoms. The van der Waals surface area contributed by atoms with Crippen LogP contribution in [0.25, 0.3) is 0 Å². The summed E-state index contributed by atoms with van der Waals surface area (Å²) in [5.74, 6) is -0.764. The lowest BCUT2D eigenvalue weighted by molar-refractivity contribution is 0.0526. The minimum atomic E-state index is -4.52. The van der Waals surface area contributed by atoms with E-state index < -0.39 is 22.3 Å². The molecule has 1 aromatic heterocycles. The van der Waals surface area contributed by atoms with Crippen molar-refractivity contribution < 1.29 is 36.4 Å². The van der Waals surface area contributed by atoms with Gasteiger partial charge in [-0.15, -0.1) is 0 Å². The standard InChI is InChI=1S/C16H18N4O8S/c1-4-27-14(21)10-5-7-11(8-6-10)28-29(23,24)20-16(22)19-15-17-12(25-2)9-13(18-15)26-3/h5-9H,4H2,1-3H3,(H2,17,18,19,20,22). The molecule has 0 unspecified atom stereocenters. The van der Waals surface area contributed by atoms with Crippen molar-refractivity contribution >= 4 is 28.3 Å². The molecule has 0 bridgehead atoms. The van der Waals surface area contributed by atoms with Crippen LogP contribution in [-0.4, -0.2) is 51.2 Å². The molecule has 2 N–H and O–H groups in total. The Balaban J connectivity index is 2.02. The first-order chi connectivity index (χ1) is 13.8. The highest BCUT2D eigenvalue weighted by Crippen LogP contribution is 2.17. The van der Waals surface area contributed by atoms with Crippen molar-refractivity contribution in [1.82, 2.24) is 14.7 Å². The number of aromatic nitrogens is 2. The van der Waals surface area contributed by atoms with Gasteiger partial charge in [0.15, 0.2) is 0 Å². The fourth-order valence-electron chi connectivity index (χ4n) is 1.92. The molecule has 13 heteroatoms. The number of carbonyl (C=O) groups excluding carboxylic acids is 2. The summed E-state index contributed by atoms with van der Waals surface area (Å²) in [4.78, 5) is 31.2. The molecule has 0 aliphatic carbocycles.